The van der Waals surface area contributed by atoms with E-state index in [0.717, 1.165) is 25.7 Å². The molecule has 162 valence electrons. The minimum absolute atomic E-state index is 0.511. The van der Waals surface area contributed by atoms with E-state index in [-0.39, 0.29) is 0 Å². The lowest BCUT2D eigenvalue weighted by Crippen LogP contribution is -2.11. The summed E-state index contributed by atoms with van der Waals surface area (Å²) in [6.07, 6.45) is 17.1. The summed E-state index contributed by atoms with van der Waals surface area (Å²) in [5.41, 5.74) is 0. The monoisotopic (exact) mass is 410 g/mol. The SMILES string of the molecule is CCCCCCCCCOP(=O)(OCCCCCCCCC)c1ccccc1. The smallest absolute Gasteiger partial charge is 0.305 e. The fourth-order valence-corrected chi connectivity index (χ4v) is 4.93. The molecule has 0 saturated heterocycles. The van der Waals surface area contributed by atoms with E-state index in [9.17, 15) is 4.57 Å². The maximum absolute atomic E-state index is 13.3. The second kappa shape index (κ2) is 17.2. The molecule has 0 fully saturated rings. The summed E-state index contributed by atoms with van der Waals surface area (Å²) in [7, 11) is -3.20. The van der Waals surface area contributed by atoms with Crippen molar-refractivity contribution in [3.05, 3.63) is 30.3 Å². The normalized spacial score (nSPS) is 11.8. The summed E-state index contributed by atoms with van der Waals surface area (Å²) in [6.45, 7) is 5.50. The van der Waals surface area contributed by atoms with E-state index in [0.29, 0.717) is 18.5 Å². The van der Waals surface area contributed by atoms with Crippen LogP contribution in [0.25, 0.3) is 0 Å². The van der Waals surface area contributed by atoms with Crippen LogP contribution in [0.15, 0.2) is 30.3 Å². The van der Waals surface area contributed by atoms with Crippen molar-refractivity contribution in [3.63, 3.8) is 0 Å². The van der Waals surface area contributed by atoms with Crippen molar-refractivity contribution >= 4 is 12.9 Å². The molecule has 0 bridgehead atoms. The Balaban J connectivity index is 2.31. The molecular weight excluding hydrogens is 367 g/mol. The van der Waals surface area contributed by atoms with Gasteiger partial charge in [-0.15, -0.1) is 0 Å². The molecule has 0 N–H and O–H groups in total. The summed E-state index contributed by atoms with van der Waals surface area (Å²) < 4.78 is 25.0. The van der Waals surface area contributed by atoms with Crippen LogP contribution in [0.1, 0.15) is 104 Å². The van der Waals surface area contributed by atoms with E-state index in [1.165, 1.54) is 64.2 Å². The molecule has 4 heteroatoms. The van der Waals surface area contributed by atoms with Gasteiger partial charge in [-0.2, -0.15) is 0 Å². The Bertz CT molecular complexity index is 480. The van der Waals surface area contributed by atoms with Crippen molar-refractivity contribution in [2.75, 3.05) is 13.2 Å². The van der Waals surface area contributed by atoms with Crippen molar-refractivity contribution in [1.29, 1.82) is 0 Å². The van der Waals surface area contributed by atoms with Gasteiger partial charge in [0.1, 0.15) is 0 Å². The Morgan fingerprint density at radius 2 is 1.00 bits per heavy atom. The second-order valence-corrected chi connectivity index (χ2v) is 9.77. The highest BCUT2D eigenvalue weighted by atomic mass is 31.2. The lowest BCUT2D eigenvalue weighted by Gasteiger charge is -2.19. The molecule has 1 aromatic rings. The van der Waals surface area contributed by atoms with E-state index in [1.807, 2.05) is 30.3 Å². The molecule has 1 aromatic carbocycles. The molecule has 0 radical (unpaired) electrons. The van der Waals surface area contributed by atoms with Crippen LogP contribution >= 0.6 is 7.60 Å². The van der Waals surface area contributed by atoms with Gasteiger partial charge in [-0.25, -0.2) is 0 Å². The zero-order valence-corrected chi connectivity index (χ0v) is 19.3. The lowest BCUT2D eigenvalue weighted by atomic mass is 10.1. The van der Waals surface area contributed by atoms with Crippen LogP contribution in [-0.2, 0) is 13.6 Å². The second-order valence-electron chi connectivity index (χ2n) is 7.74. The summed E-state index contributed by atoms with van der Waals surface area (Å²) in [5, 5.41) is 0.681. The van der Waals surface area contributed by atoms with Crippen LogP contribution in [0.3, 0.4) is 0 Å². The first-order valence-electron chi connectivity index (χ1n) is 11.7. The largest absolute Gasteiger partial charge is 0.361 e. The Morgan fingerprint density at radius 3 is 1.43 bits per heavy atom. The number of hydrogen-bond acceptors (Lipinski definition) is 3. The summed E-state index contributed by atoms with van der Waals surface area (Å²) in [5.74, 6) is 0. The quantitative estimate of drug-likeness (QED) is 0.171. The first kappa shape index (κ1) is 25.4. The summed E-state index contributed by atoms with van der Waals surface area (Å²) in [4.78, 5) is 0. The van der Waals surface area contributed by atoms with Crippen molar-refractivity contribution in [2.24, 2.45) is 0 Å². The predicted molar refractivity (Wildman–Crippen MR) is 122 cm³/mol. The van der Waals surface area contributed by atoms with Crippen LogP contribution in [-0.4, -0.2) is 13.2 Å². The van der Waals surface area contributed by atoms with Gasteiger partial charge in [-0.1, -0.05) is 109 Å². The van der Waals surface area contributed by atoms with Crippen LogP contribution in [0, 0.1) is 0 Å². The Kier molecular flexibility index (Phi) is 15.6. The maximum atomic E-state index is 13.3. The lowest BCUT2D eigenvalue weighted by molar-refractivity contribution is 0.206. The van der Waals surface area contributed by atoms with E-state index < -0.39 is 7.60 Å². The molecule has 0 aliphatic heterocycles. The zero-order valence-electron chi connectivity index (χ0n) is 18.4. The number of benzene rings is 1. The van der Waals surface area contributed by atoms with Gasteiger partial charge < -0.3 is 9.05 Å². The van der Waals surface area contributed by atoms with Gasteiger partial charge in [0, 0.05) is 0 Å². The highest BCUT2D eigenvalue weighted by Gasteiger charge is 2.27. The van der Waals surface area contributed by atoms with E-state index in [1.54, 1.807) is 0 Å². The van der Waals surface area contributed by atoms with E-state index in [2.05, 4.69) is 13.8 Å². The van der Waals surface area contributed by atoms with Crippen molar-refractivity contribution in [1.82, 2.24) is 0 Å². The Hall–Kier alpha value is -0.630. The maximum Gasteiger partial charge on any atom is 0.361 e. The number of unbranched alkanes of at least 4 members (excludes halogenated alkanes) is 12. The fourth-order valence-electron chi connectivity index (χ4n) is 3.28. The highest BCUT2D eigenvalue weighted by molar-refractivity contribution is 7.62. The fraction of sp³-hybridized carbons (Fsp3) is 0.750. The predicted octanol–water partition coefficient (Wildman–Crippen LogP) is 8.04. The molecule has 0 spiro atoms. The van der Waals surface area contributed by atoms with Gasteiger partial charge in [-0.3, -0.25) is 4.57 Å². The topological polar surface area (TPSA) is 35.5 Å². The van der Waals surface area contributed by atoms with Gasteiger partial charge in [-0.05, 0) is 25.0 Å². The minimum atomic E-state index is -3.20. The number of rotatable bonds is 19. The van der Waals surface area contributed by atoms with E-state index in [4.69, 9.17) is 9.05 Å². The van der Waals surface area contributed by atoms with E-state index >= 15 is 0 Å². The molecule has 0 atom stereocenters. The van der Waals surface area contributed by atoms with Crippen LogP contribution < -0.4 is 5.30 Å². The van der Waals surface area contributed by atoms with Crippen molar-refractivity contribution in [3.8, 4) is 0 Å². The molecule has 0 aromatic heterocycles. The molecule has 0 saturated carbocycles. The molecule has 0 aliphatic carbocycles. The molecule has 28 heavy (non-hydrogen) atoms. The van der Waals surface area contributed by atoms with Crippen LogP contribution in [0.2, 0.25) is 0 Å². The third kappa shape index (κ3) is 12.0. The first-order chi connectivity index (χ1) is 13.7. The number of hydrogen-bond donors (Lipinski definition) is 0. The summed E-state index contributed by atoms with van der Waals surface area (Å²) >= 11 is 0. The van der Waals surface area contributed by atoms with Crippen LogP contribution in [0.4, 0.5) is 0 Å². The third-order valence-corrected chi connectivity index (χ3v) is 7.07. The zero-order chi connectivity index (χ0) is 20.3. The molecular formula is C24H43O3P. The van der Waals surface area contributed by atoms with Crippen molar-refractivity contribution in [2.45, 2.75) is 104 Å². The first-order valence-corrected chi connectivity index (χ1v) is 13.2. The average molecular weight is 411 g/mol. The summed E-state index contributed by atoms with van der Waals surface area (Å²) in [6, 6.07) is 9.44. The highest BCUT2D eigenvalue weighted by Crippen LogP contribution is 2.47. The molecule has 3 nitrogen and oxygen atoms in total. The Labute approximate surface area is 174 Å². The van der Waals surface area contributed by atoms with Crippen molar-refractivity contribution < 1.29 is 13.6 Å². The molecule has 1 rings (SSSR count). The third-order valence-electron chi connectivity index (χ3n) is 5.09. The van der Waals surface area contributed by atoms with Gasteiger partial charge >= 0.3 is 7.60 Å². The molecule has 0 unspecified atom stereocenters. The van der Waals surface area contributed by atoms with Gasteiger partial charge in [0.2, 0.25) is 0 Å². The van der Waals surface area contributed by atoms with Gasteiger partial charge in [0.15, 0.2) is 0 Å². The molecule has 0 aliphatic rings. The minimum Gasteiger partial charge on any atom is -0.305 e. The standard InChI is InChI=1S/C24H43O3P/c1-3-5-7-9-11-13-18-22-26-28(25,24-20-16-15-17-21-24)27-23-19-14-12-10-8-6-4-2/h15-17,20-21H,3-14,18-19,22-23H2,1-2H3. The molecule has 0 heterocycles. The van der Waals surface area contributed by atoms with Gasteiger partial charge in [0.25, 0.3) is 0 Å². The Morgan fingerprint density at radius 1 is 0.607 bits per heavy atom. The average Bonchev–Trinajstić information content (AvgIpc) is 2.72. The van der Waals surface area contributed by atoms with Gasteiger partial charge in [0.05, 0.1) is 18.5 Å². The van der Waals surface area contributed by atoms with Crippen LogP contribution in [0.5, 0.6) is 0 Å². The molecule has 0 amide bonds.